The van der Waals surface area contributed by atoms with Gasteiger partial charge in [-0.3, -0.25) is 0 Å². The van der Waals surface area contributed by atoms with E-state index in [0.29, 0.717) is 5.56 Å². The molecule has 1 heterocycles. The Labute approximate surface area is 124 Å². The molecule has 3 rings (SSSR count). The first kappa shape index (κ1) is 13.4. The molecule has 0 bridgehead atoms. The number of aryl methyl sites for hydroxylation is 4. The van der Waals surface area contributed by atoms with E-state index in [0.717, 1.165) is 29.7 Å². The smallest absolute Gasteiger partial charge is 0.109 e. The van der Waals surface area contributed by atoms with E-state index in [2.05, 4.69) is 46.8 Å². The Balaban J connectivity index is 1.85. The molecular weight excluding hydrogens is 258 g/mol. The van der Waals surface area contributed by atoms with Gasteiger partial charge in [0.2, 0.25) is 0 Å². The summed E-state index contributed by atoms with van der Waals surface area (Å²) in [7, 11) is 2.01. The first-order valence-corrected chi connectivity index (χ1v) is 7.08. The third kappa shape index (κ3) is 2.66. The zero-order valence-corrected chi connectivity index (χ0v) is 12.3. The number of nitrogens with zero attached hydrogens (tertiary/aromatic N) is 3. The predicted octanol–water partition coefficient (Wildman–Crippen LogP) is 3.54. The summed E-state index contributed by atoms with van der Waals surface area (Å²) in [4.78, 5) is 4.67. The highest BCUT2D eigenvalue weighted by Gasteiger charge is 2.08. The van der Waals surface area contributed by atoms with Crippen LogP contribution in [0.2, 0.25) is 0 Å². The van der Waals surface area contributed by atoms with Gasteiger partial charge in [-0.1, -0.05) is 29.8 Å². The fourth-order valence-corrected chi connectivity index (χ4v) is 2.54. The molecule has 0 aliphatic rings. The van der Waals surface area contributed by atoms with Crippen molar-refractivity contribution in [1.29, 1.82) is 5.26 Å². The molecule has 0 saturated carbocycles. The number of hydrogen-bond acceptors (Lipinski definition) is 2. The fourth-order valence-electron chi connectivity index (χ4n) is 2.54. The number of aromatic nitrogens is 2. The molecule has 0 amide bonds. The lowest BCUT2D eigenvalue weighted by Gasteiger charge is -2.03. The molecule has 0 unspecified atom stereocenters. The summed E-state index contributed by atoms with van der Waals surface area (Å²) < 4.78 is 2.09. The number of benzene rings is 2. The van der Waals surface area contributed by atoms with Crippen LogP contribution in [-0.2, 0) is 19.9 Å². The van der Waals surface area contributed by atoms with Gasteiger partial charge in [0.15, 0.2) is 0 Å². The average Bonchev–Trinajstić information content (AvgIpc) is 2.82. The topological polar surface area (TPSA) is 41.6 Å². The molecule has 0 saturated heterocycles. The molecule has 0 aliphatic heterocycles. The van der Waals surface area contributed by atoms with Crippen molar-refractivity contribution < 1.29 is 0 Å². The third-order valence-electron chi connectivity index (χ3n) is 3.86. The van der Waals surface area contributed by atoms with Gasteiger partial charge in [0.1, 0.15) is 5.82 Å². The van der Waals surface area contributed by atoms with Crippen LogP contribution in [-0.4, -0.2) is 9.55 Å². The Morgan fingerprint density at radius 1 is 1.10 bits per heavy atom. The summed E-state index contributed by atoms with van der Waals surface area (Å²) in [6.07, 6.45) is 1.87. The highest BCUT2D eigenvalue weighted by molar-refractivity contribution is 5.77. The predicted molar refractivity (Wildman–Crippen MR) is 84.0 cm³/mol. The number of fused-ring (bicyclic) bond motifs is 1. The Bertz CT molecular complexity index is 820. The maximum atomic E-state index is 8.99. The number of hydrogen-bond donors (Lipinski definition) is 0. The summed E-state index contributed by atoms with van der Waals surface area (Å²) in [5.41, 5.74) is 5.26. The molecular formula is C18H17N3. The molecule has 0 radical (unpaired) electrons. The highest BCUT2D eigenvalue weighted by Crippen LogP contribution is 2.18. The molecule has 3 heteroatoms. The van der Waals surface area contributed by atoms with Gasteiger partial charge in [-0.2, -0.15) is 5.26 Å². The zero-order valence-electron chi connectivity index (χ0n) is 12.3. The largest absolute Gasteiger partial charge is 0.331 e. The van der Waals surface area contributed by atoms with Gasteiger partial charge < -0.3 is 4.57 Å². The monoisotopic (exact) mass is 275 g/mol. The molecule has 0 fully saturated rings. The molecule has 3 nitrogen and oxygen atoms in total. The standard InChI is InChI=1S/C18H17N3/c1-13-3-5-14(6-4-13)8-10-18-20-16-9-7-15(12-19)11-17(16)21(18)2/h3-7,9,11H,8,10H2,1-2H3. The van der Waals surface area contributed by atoms with Crippen LogP contribution in [0, 0.1) is 18.3 Å². The van der Waals surface area contributed by atoms with Crippen molar-refractivity contribution in [3.63, 3.8) is 0 Å². The van der Waals surface area contributed by atoms with Crippen molar-refractivity contribution in [2.75, 3.05) is 0 Å². The van der Waals surface area contributed by atoms with Gasteiger partial charge in [0.05, 0.1) is 22.7 Å². The van der Waals surface area contributed by atoms with Gasteiger partial charge in [-0.05, 0) is 37.1 Å². The van der Waals surface area contributed by atoms with Crippen molar-refractivity contribution in [3.8, 4) is 6.07 Å². The van der Waals surface area contributed by atoms with Crippen LogP contribution in [0.3, 0.4) is 0 Å². The number of nitriles is 1. The van der Waals surface area contributed by atoms with Gasteiger partial charge >= 0.3 is 0 Å². The summed E-state index contributed by atoms with van der Waals surface area (Å²) >= 11 is 0. The maximum absolute atomic E-state index is 8.99. The Morgan fingerprint density at radius 3 is 2.57 bits per heavy atom. The SMILES string of the molecule is Cc1ccc(CCc2nc3ccc(C#N)cc3n2C)cc1. The molecule has 104 valence electrons. The van der Waals surface area contributed by atoms with Crippen molar-refractivity contribution >= 4 is 11.0 Å². The third-order valence-corrected chi connectivity index (χ3v) is 3.86. The summed E-state index contributed by atoms with van der Waals surface area (Å²) in [5, 5.41) is 8.99. The summed E-state index contributed by atoms with van der Waals surface area (Å²) in [5.74, 6) is 1.06. The lowest BCUT2D eigenvalue weighted by Crippen LogP contribution is -2.00. The Kier molecular flexibility index (Phi) is 3.45. The van der Waals surface area contributed by atoms with Crippen LogP contribution < -0.4 is 0 Å². The van der Waals surface area contributed by atoms with Gasteiger partial charge in [-0.15, -0.1) is 0 Å². The van der Waals surface area contributed by atoms with E-state index in [9.17, 15) is 0 Å². The Morgan fingerprint density at radius 2 is 1.86 bits per heavy atom. The normalized spacial score (nSPS) is 10.7. The average molecular weight is 275 g/mol. The Hall–Kier alpha value is -2.60. The van der Waals surface area contributed by atoms with Gasteiger partial charge in [-0.25, -0.2) is 4.98 Å². The van der Waals surface area contributed by atoms with E-state index in [1.807, 2.05) is 25.2 Å². The van der Waals surface area contributed by atoms with Crippen LogP contribution in [0.5, 0.6) is 0 Å². The summed E-state index contributed by atoms with van der Waals surface area (Å²) in [6.45, 7) is 2.10. The molecule has 1 aromatic heterocycles. The van der Waals surface area contributed by atoms with Crippen molar-refractivity contribution in [1.82, 2.24) is 9.55 Å². The van der Waals surface area contributed by atoms with Crippen molar-refractivity contribution in [2.24, 2.45) is 7.05 Å². The van der Waals surface area contributed by atoms with Crippen LogP contribution >= 0.6 is 0 Å². The molecule has 0 atom stereocenters. The van der Waals surface area contributed by atoms with E-state index in [4.69, 9.17) is 5.26 Å². The lowest BCUT2D eigenvalue weighted by atomic mass is 10.1. The maximum Gasteiger partial charge on any atom is 0.109 e. The zero-order chi connectivity index (χ0) is 14.8. The summed E-state index contributed by atoms with van der Waals surface area (Å²) in [6, 6.07) is 16.4. The lowest BCUT2D eigenvalue weighted by molar-refractivity contribution is 0.786. The van der Waals surface area contributed by atoms with E-state index in [1.165, 1.54) is 11.1 Å². The molecule has 3 aromatic rings. The van der Waals surface area contributed by atoms with E-state index in [-0.39, 0.29) is 0 Å². The first-order chi connectivity index (χ1) is 10.2. The van der Waals surface area contributed by atoms with Crippen LogP contribution in [0.15, 0.2) is 42.5 Å². The molecule has 2 aromatic carbocycles. The highest BCUT2D eigenvalue weighted by atomic mass is 15.1. The molecule has 0 spiro atoms. The van der Waals surface area contributed by atoms with Gasteiger partial charge in [0, 0.05) is 13.5 Å². The minimum Gasteiger partial charge on any atom is -0.331 e. The minimum atomic E-state index is 0.676. The second-order valence-corrected chi connectivity index (χ2v) is 5.39. The number of rotatable bonds is 3. The van der Waals surface area contributed by atoms with E-state index < -0.39 is 0 Å². The van der Waals surface area contributed by atoms with Crippen LogP contribution in [0.4, 0.5) is 0 Å². The minimum absolute atomic E-state index is 0.676. The number of imidazole rings is 1. The van der Waals surface area contributed by atoms with Gasteiger partial charge in [0.25, 0.3) is 0 Å². The van der Waals surface area contributed by atoms with Crippen LogP contribution in [0.25, 0.3) is 11.0 Å². The van der Waals surface area contributed by atoms with Crippen molar-refractivity contribution in [3.05, 3.63) is 65.0 Å². The molecule has 0 aliphatic carbocycles. The second-order valence-electron chi connectivity index (χ2n) is 5.39. The second kappa shape index (κ2) is 5.41. The van der Waals surface area contributed by atoms with E-state index >= 15 is 0 Å². The fraction of sp³-hybridized carbons (Fsp3) is 0.222. The van der Waals surface area contributed by atoms with Crippen LogP contribution in [0.1, 0.15) is 22.5 Å². The molecule has 21 heavy (non-hydrogen) atoms. The van der Waals surface area contributed by atoms with Crippen molar-refractivity contribution in [2.45, 2.75) is 19.8 Å². The quantitative estimate of drug-likeness (QED) is 0.733. The molecule has 0 N–H and O–H groups in total. The first-order valence-electron chi connectivity index (χ1n) is 7.08. The van der Waals surface area contributed by atoms with E-state index in [1.54, 1.807) is 0 Å².